The molecule has 0 radical (unpaired) electrons. The predicted octanol–water partition coefficient (Wildman–Crippen LogP) is 1.57. The fourth-order valence-electron chi connectivity index (χ4n) is 2.62. The first-order chi connectivity index (χ1) is 7.83. The van der Waals surface area contributed by atoms with Gasteiger partial charge in [-0.3, -0.25) is 4.98 Å². The maximum Gasteiger partial charge on any atom is 0.0481 e. The van der Waals surface area contributed by atoms with Crippen molar-refractivity contribution in [1.29, 1.82) is 0 Å². The van der Waals surface area contributed by atoms with E-state index in [0.29, 0.717) is 5.92 Å². The second-order valence-corrected chi connectivity index (χ2v) is 4.64. The largest absolute Gasteiger partial charge is 0.330 e. The van der Waals surface area contributed by atoms with E-state index in [2.05, 4.69) is 11.1 Å². The third-order valence-corrected chi connectivity index (χ3v) is 3.50. The van der Waals surface area contributed by atoms with Crippen LogP contribution in [0.5, 0.6) is 0 Å². The number of pyridine rings is 1. The molecule has 1 aliphatic carbocycles. The van der Waals surface area contributed by atoms with E-state index < -0.39 is 0 Å². The summed E-state index contributed by atoms with van der Waals surface area (Å²) in [7, 11) is 0. The van der Waals surface area contributed by atoms with Crippen molar-refractivity contribution in [3.8, 4) is 0 Å². The van der Waals surface area contributed by atoms with Crippen molar-refractivity contribution in [2.75, 3.05) is 6.54 Å². The van der Waals surface area contributed by atoms with Gasteiger partial charge in [0.1, 0.15) is 0 Å². The van der Waals surface area contributed by atoms with Gasteiger partial charge >= 0.3 is 0 Å². The minimum absolute atomic E-state index is 0.220. The lowest BCUT2D eigenvalue weighted by Gasteiger charge is -2.29. The maximum absolute atomic E-state index is 6.25. The van der Waals surface area contributed by atoms with E-state index in [-0.39, 0.29) is 6.04 Å². The molecule has 1 unspecified atom stereocenters. The monoisotopic (exact) mass is 219 g/mol. The van der Waals surface area contributed by atoms with Crippen molar-refractivity contribution in [2.24, 2.45) is 11.5 Å². The molecule has 1 heterocycles. The predicted molar refractivity (Wildman–Crippen MR) is 66.2 cm³/mol. The van der Waals surface area contributed by atoms with Crippen LogP contribution in [0.25, 0.3) is 0 Å². The topological polar surface area (TPSA) is 64.9 Å². The molecular weight excluding hydrogens is 198 g/mol. The maximum atomic E-state index is 6.25. The smallest absolute Gasteiger partial charge is 0.0481 e. The summed E-state index contributed by atoms with van der Waals surface area (Å²) in [5.41, 5.74) is 14.4. The van der Waals surface area contributed by atoms with Crippen molar-refractivity contribution in [3.63, 3.8) is 0 Å². The zero-order chi connectivity index (χ0) is 11.4. The van der Waals surface area contributed by atoms with Crippen LogP contribution in [0.4, 0.5) is 0 Å². The molecule has 3 heteroatoms. The summed E-state index contributed by atoms with van der Waals surface area (Å²) in [6.07, 6.45) is 7.47. The Kier molecular flexibility index (Phi) is 3.91. The Bertz CT molecular complexity index is 338. The van der Waals surface area contributed by atoms with Gasteiger partial charge in [-0.25, -0.2) is 0 Å². The molecule has 0 spiro atoms. The van der Waals surface area contributed by atoms with E-state index >= 15 is 0 Å². The summed E-state index contributed by atoms with van der Waals surface area (Å²) in [5, 5.41) is 0. The Hall–Kier alpha value is -0.930. The molecule has 0 fully saturated rings. The average molecular weight is 219 g/mol. The highest BCUT2D eigenvalue weighted by molar-refractivity contribution is 5.27. The van der Waals surface area contributed by atoms with Crippen molar-refractivity contribution < 1.29 is 0 Å². The highest BCUT2D eigenvalue weighted by Crippen LogP contribution is 2.32. The van der Waals surface area contributed by atoms with Crippen molar-refractivity contribution in [1.82, 2.24) is 4.98 Å². The molecule has 2 rings (SSSR count). The van der Waals surface area contributed by atoms with E-state index in [1.165, 1.54) is 24.1 Å². The normalized spacial score (nSPS) is 21.5. The van der Waals surface area contributed by atoms with Crippen LogP contribution in [0.1, 0.15) is 42.9 Å². The Morgan fingerprint density at radius 1 is 1.50 bits per heavy atom. The molecule has 0 amide bonds. The van der Waals surface area contributed by atoms with Crippen LogP contribution in [0, 0.1) is 0 Å². The number of hydrogen-bond donors (Lipinski definition) is 2. The van der Waals surface area contributed by atoms with E-state index in [1.807, 2.05) is 12.3 Å². The van der Waals surface area contributed by atoms with Crippen LogP contribution in [-0.2, 0) is 6.42 Å². The van der Waals surface area contributed by atoms with Crippen molar-refractivity contribution >= 4 is 0 Å². The Balaban J connectivity index is 2.12. The first-order valence-corrected chi connectivity index (χ1v) is 6.22. The Morgan fingerprint density at radius 3 is 3.19 bits per heavy atom. The van der Waals surface area contributed by atoms with E-state index in [1.54, 1.807) is 0 Å². The SMILES string of the molecule is NCCCC(N)[C@@H]1CCCc2cccnc21. The average Bonchev–Trinajstić information content (AvgIpc) is 2.35. The summed E-state index contributed by atoms with van der Waals surface area (Å²) in [5.74, 6) is 0.441. The van der Waals surface area contributed by atoms with Gasteiger partial charge in [-0.2, -0.15) is 0 Å². The first-order valence-electron chi connectivity index (χ1n) is 6.22. The number of nitrogens with zero attached hydrogens (tertiary/aromatic N) is 1. The van der Waals surface area contributed by atoms with E-state index in [4.69, 9.17) is 11.5 Å². The lowest BCUT2D eigenvalue weighted by atomic mass is 9.81. The summed E-state index contributed by atoms with van der Waals surface area (Å²) in [4.78, 5) is 4.52. The van der Waals surface area contributed by atoms with Gasteiger partial charge in [0.25, 0.3) is 0 Å². The highest BCUT2D eigenvalue weighted by atomic mass is 14.7. The fourth-order valence-corrected chi connectivity index (χ4v) is 2.62. The second kappa shape index (κ2) is 5.41. The van der Waals surface area contributed by atoms with Crippen LogP contribution in [0.2, 0.25) is 0 Å². The molecule has 0 aromatic carbocycles. The molecule has 2 atom stereocenters. The van der Waals surface area contributed by atoms with Gasteiger partial charge in [-0.15, -0.1) is 0 Å². The number of aromatic nitrogens is 1. The number of fused-ring (bicyclic) bond motifs is 1. The zero-order valence-electron chi connectivity index (χ0n) is 9.73. The van der Waals surface area contributed by atoms with Gasteiger partial charge in [0.15, 0.2) is 0 Å². The Morgan fingerprint density at radius 2 is 2.38 bits per heavy atom. The van der Waals surface area contributed by atoms with Crippen LogP contribution < -0.4 is 11.5 Å². The molecule has 3 nitrogen and oxygen atoms in total. The summed E-state index contributed by atoms with van der Waals surface area (Å²) in [6.45, 7) is 0.732. The summed E-state index contributed by atoms with van der Waals surface area (Å²) < 4.78 is 0. The minimum Gasteiger partial charge on any atom is -0.330 e. The molecule has 1 aromatic rings. The molecule has 0 saturated carbocycles. The zero-order valence-corrected chi connectivity index (χ0v) is 9.73. The standard InChI is InChI=1S/C13H21N3/c14-8-2-7-12(15)11-6-1-4-10-5-3-9-16-13(10)11/h3,5,9,11-12H,1-2,4,6-8,14-15H2/t11-,12?/m0/s1. The molecule has 0 aliphatic heterocycles. The number of nitrogens with two attached hydrogens (primary N) is 2. The third kappa shape index (κ3) is 2.42. The first kappa shape index (κ1) is 11.6. The van der Waals surface area contributed by atoms with Gasteiger partial charge in [0.05, 0.1) is 0 Å². The molecule has 0 bridgehead atoms. The van der Waals surface area contributed by atoms with Crippen LogP contribution in [0.15, 0.2) is 18.3 Å². The summed E-state index contributed by atoms with van der Waals surface area (Å²) >= 11 is 0. The van der Waals surface area contributed by atoms with Crippen molar-refractivity contribution in [3.05, 3.63) is 29.6 Å². The third-order valence-electron chi connectivity index (χ3n) is 3.50. The molecule has 1 aliphatic rings. The van der Waals surface area contributed by atoms with Crippen molar-refractivity contribution in [2.45, 2.75) is 44.1 Å². The minimum atomic E-state index is 0.220. The van der Waals surface area contributed by atoms with Crippen LogP contribution in [-0.4, -0.2) is 17.6 Å². The van der Waals surface area contributed by atoms with Crippen LogP contribution >= 0.6 is 0 Å². The van der Waals surface area contributed by atoms with Gasteiger partial charge in [-0.05, 0) is 50.3 Å². The molecule has 0 saturated heterocycles. The second-order valence-electron chi connectivity index (χ2n) is 4.64. The number of rotatable bonds is 4. The van der Waals surface area contributed by atoms with Gasteiger partial charge < -0.3 is 11.5 Å². The van der Waals surface area contributed by atoms with Crippen LogP contribution in [0.3, 0.4) is 0 Å². The van der Waals surface area contributed by atoms with E-state index in [9.17, 15) is 0 Å². The molecular formula is C13H21N3. The van der Waals surface area contributed by atoms with Gasteiger partial charge in [0, 0.05) is 23.9 Å². The molecule has 16 heavy (non-hydrogen) atoms. The highest BCUT2D eigenvalue weighted by Gasteiger charge is 2.26. The van der Waals surface area contributed by atoms with E-state index in [0.717, 1.165) is 25.8 Å². The molecule has 1 aromatic heterocycles. The molecule has 88 valence electrons. The number of aryl methyl sites for hydroxylation is 1. The Labute approximate surface area is 97.2 Å². The van der Waals surface area contributed by atoms with Gasteiger partial charge in [-0.1, -0.05) is 6.07 Å². The fraction of sp³-hybridized carbons (Fsp3) is 0.615. The summed E-state index contributed by atoms with van der Waals surface area (Å²) in [6, 6.07) is 4.43. The lowest BCUT2D eigenvalue weighted by molar-refractivity contribution is 0.426. The lowest BCUT2D eigenvalue weighted by Crippen LogP contribution is -2.32. The number of hydrogen-bond acceptors (Lipinski definition) is 3. The molecule has 4 N–H and O–H groups in total. The van der Waals surface area contributed by atoms with Gasteiger partial charge in [0.2, 0.25) is 0 Å². The quantitative estimate of drug-likeness (QED) is 0.808.